The molecule has 24 heavy (non-hydrogen) atoms. The number of hydrogen-bond donors (Lipinski definition) is 2. The molecule has 7 heteroatoms. The van der Waals surface area contributed by atoms with Crippen molar-refractivity contribution in [2.75, 3.05) is 18.4 Å². The molecule has 4 rings (SSSR count). The normalized spacial score (nSPS) is 16.6. The number of rotatable bonds is 3. The molecule has 0 fully saturated rings. The summed E-state index contributed by atoms with van der Waals surface area (Å²) in [5.41, 5.74) is 2.66. The van der Waals surface area contributed by atoms with Crippen LogP contribution < -0.4 is 5.32 Å². The number of carboxylic acid groups (broad SMARTS) is 1. The van der Waals surface area contributed by atoms with Crippen molar-refractivity contribution in [2.24, 2.45) is 0 Å². The highest BCUT2D eigenvalue weighted by molar-refractivity contribution is 7.99. The minimum absolute atomic E-state index is 0.483. The molecule has 122 valence electrons. The maximum Gasteiger partial charge on any atom is 0.332 e. The third-order valence-corrected chi connectivity index (χ3v) is 5.15. The lowest BCUT2D eigenvalue weighted by Crippen LogP contribution is -2.31. The standard InChI is InChI=1S/C17H16N4O2S/c22-17(23)12-2-1-7-21(10-12)9-11-3-4-14-13(8-11)20-15-16(24-14)19-6-5-18-15/h2-6,8H,1,7,9-10H2,(H,18,20)(H,22,23). The van der Waals surface area contributed by atoms with Crippen LogP contribution in [0.3, 0.4) is 0 Å². The average Bonchev–Trinajstić information content (AvgIpc) is 2.60. The number of carboxylic acids is 1. The summed E-state index contributed by atoms with van der Waals surface area (Å²) in [6, 6.07) is 6.28. The summed E-state index contributed by atoms with van der Waals surface area (Å²) in [4.78, 5) is 23.1. The van der Waals surface area contributed by atoms with E-state index in [0.717, 1.165) is 46.5 Å². The van der Waals surface area contributed by atoms with Gasteiger partial charge < -0.3 is 10.4 Å². The first-order chi connectivity index (χ1) is 11.7. The van der Waals surface area contributed by atoms with Crippen molar-refractivity contribution in [1.82, 2.24) is 14.9 Å². The van der Waals surface area contributed by atoms with E-state index in [4.69, 9.17) is 5.11 Å². The Morgan fingerprint density at radius 3 is 3.08 bits per heavy atom. The first-order valence-electron chi connectivity index (χ1n) is 7.72. The molecule has 2 aromatic rings. The molecule has 6 nitrogen and oxygen atoms in total. The van der Waals surface area contributed by atoms with Crippen molar-refractivity contribution < 1.29 is 9.90 Å². The number of hydrogen-bond acceptors (Lipinski definition) is 6. The lowest BCUT2D eigenvalue weighted by atomic mass is 10.1. The molecule has 0 amide bonds. The summed E-state index contributed by atoms with van der Waals surface area (Å²) in [7, 11) is 0. The third kappa shape index (κ3) is 3.00. The van der Waals surface area contributed by atoms with Crippen molar-refractivity contribution in [1.29, 1.82) is 0 Å². The number of aromatic nitrogens is 2. The van der Waals surface area contributed by atoms with Crippen LogP contribution in [0, 0.1) is 0 Å². The molecule has 0 aliphatic carbocycles. The topological polar surface area (TPSA) is 78.4 Å². The van der Waals surface area contributed by atoms with Crippen LogP contribution in [-0.4, -0.2) is 39.0 Å². The lowest BCUT2D eigenvalue weighted by Gasteiger charge is -2.26. The van der Waals surface area contributed by atoms with Gasteiger partial charge in [-0.3, -0.25) is 4.90 Å². The molecular formula is C17H16N4O2S. The minimum Gasteiger partial charge on any atom is -0.478 e. The molecule has 0 saturated carbocycles. The first kappa shape index (κ1) is 15.2. The zero-order chi connectivity index (χ0) is 16.5. The molecule has 1 aromatic heterocycles. The SMILES string of the molecule is O=C(O)C1=CCCN(Cc2ccc3c(c2)Nc2nccnc2S3)C1. The average molecular weight is 340 g/mol. The number of fused-ring (bicyclic) bond motifs is 2. The van der Waals surface area contributed by atoms with E-state index < -0.39 is 5.97 Å². The van der Waals surface area contributed by atoms with Gasteiger partial charge in [-0.1, -0.05) is 23.9 Å². The van der Waals surface area contributed by atoms with Crippen LogP contribution >= 0.6 is 11.8 Å². The zero-order valence-electron chi connectivity index (χ0n) is 12.9. The van der Waals surface area contributed by atoms with Crippen LogP contribution in [0.4, 0.5) is 11.5 Å². The van der Waals surface area contributed by atoms with Crippen molar-refractivity contribution in [3.05, 3.63) is 47.8 Å². The number of nitrogens with one attached hydrogen (secondary N) is 1. The van der Waals surface area contributed by atoms with Gasteiger partial charge in [0.25, 0.3) is 0 Å². The van der Waals surface area contributed by atoms with E-state index in [1.54, 1.807) is 24.2 Å². The second-order valence-electron chi connectivity index (χ2n) is 5.80. The summed E-state index contributed by atoms with van der Waals surface area (Å²) >= 11 is 1.61. The van der Waals surface area contributed by atoms with Gasteiger partial charge in [-0.05, 0) is 24.1 Å². The predicted molar refractivity (Wildman–Crippen MR) is 91.5 cm³/mol. The lowest BCUT2D eigenvalue weighted by molar-refractivity contribution is -0.133. The number of anilines is 2. The number of aliphatic carboxylic acids is 1. The van der Waals surface area contributed by atoms with E-state index in [1.807, 2.05) is 6.08 Å². The molecule has 0 bridgehead atoms. The summed E-state index contributed by atoms with van der Waals surface area (Å²) in [6.07, 6.45) is 5.97. The summed E-state index contributed by atoms with van der Waals surface area (Å²) in [5.74, 6) is -0.0420. The van der Waals surface area contributed by atoms with E-state index in [9.17, 15) is 4.79 Å². The molecule has 1 aromatic carbocycles. The highest BCUT2D eigenvalue weighted by Crippen LogP contribution is 2.42. The van der Waals surface area contributed by atoms with Crippen LogP contribution in [0.2, 0.25) is 0 Å². The van der Waals surface area contributed by atoms with Gasteiger partial charge in [0.1, 0.15) is 5.03 Å². The quantitative estimate of drug-likeness (QED) is 0.759. The monoisotopic (exact) mass is 340 g/mol. The summed E-state index contributed by atoms with van der Waals surface area (Å²) in [6.45, 7) is 2.10. The predicted octanol–water partition coefficient (Wildman–Crippen LogP) is 2.90. The van der Waals surface area contributed by atoms with Crippen LogP contribution in [0.1, 0.15) is 12.0 Å². The van der Waals surface area contributed by atoms with Crippen molar-refractivity contribution in [3.63, 3.8) is 0 Å². The number of benzene rings is 1. The summed E-state index contributed by atoms with van der Waals surface area (Å²) < 4.78 is 0. The Morgan fingerprint density at radius 2 is 2.21 bits per heavy atom. The van der Waals surface area contributed by atoms with Gasteiger partial charge in [-0.25, -0.2) is 14.8 Å². The molecule has 3 heterocycles. The molecule has 2 N–H and O–H groups in total. The largest absolute Gasteiger partial charge is 0.478 e. The Hall–Kier alpha value is -2.38. The van der Waals surface area contributed by atoms with E-state index >= 15 is 0 Å². The van der Waals surface area contributed by atoms with Crippen molar-refractivity contribution in [3.8, 4) is 0 Å². The van der Waals surface area contributed by atoms with Gasteiger partial charge in [0.2, 0.25) is 0 Å². The highest BCUT2D eigenvalue weighted by Gasteiger charge is 2.20. The Labute approximate surface area is 143 Å². The van der Waals surface area contributed by atoms with Gasteiger partial charge in [-0.15, -0.1) is 0 Å². The number of nitrogens with zero attached hydrogens (tertiary/aromatic N) is 3. The molecule has 0 saturated heterocycles. The Morgan fingerprint density at radius 1 is 1.33 bits per heavy atom. The zero-order valence-corrected chi connectivity index (χ0v) is 13.7. The van der Waals surface area contributed by atoms with Crippen LogP contribution in [0.25, 0.3) is 0 Å². The van der Waals surface area contributed by atoms with Crippen LogP contribution in [-0.2, 0) is 11.3 Å². The van der Waals surface area contributed by atoms with Gasteiger partial charge in [0, 0.05) is 42.5 Å². The van der Waals surface area contributed by atoms with Gasteiger partial charge in [0.15, 0.2) is 5.82 Å². The molecule has 0 spiro atoms. The van der Waals surface area contributed by atoms with Crippen molar-refractivity contribution in [2.45, 2.75) is 22.9 Å². The molecule has 2 aliphatic heterocycles. The Bertz CT molecular complexity index is 837. The Balaban J connectivity index is 1.51. The van der Waals surface area contributed by atoms with E-state index in [-0.39, 0.29) is 0 Å². The van der Waals surface area contributed by atoms with Gasteiger partial charge in [-0.2, -0.15) is 0 Å². The van der Waals surface area contributed by atoms with E-state index in [2.05, 4.69) is 38.4 Å². The fourth-order valence-corrected chi connectivity index (χ4v) is 3.81. The van der Waals surface area contributed by atoms with Crippen LogP contribution in [0.15, 0.2) is 52.2 Å². The van der Waals surface area contributed by atoms with Crippen LogP contribution in [0.5, 0.6) is 0 Å². The summed E-state index contributed by atoms with van der Waals surface area (Å²) in [5, 5.41) is 13.4. The second kappa shape index (κ2) is 6.26. The van der Waals surface area contributed by atoms with Crippen molar-refractivity contribution >= 4 is 29.2 Å². The van der Waals surface area contributed by atoms with E-state index in [1.165, 1.54) is 0 Å². The molecule has 2 aliphatic rings. The molecule has 0 radical (unpaired) electrons. The molecular weight excluding hydrogens is 324 g/mol. The molecule has 0 atom stereocenters. The maximum atomic E-state index is 11.1. The fraction of sp³-hybridized carbons (Fsp3) is 0.235. The molecule has 0 unspecified atom stereocenters. The van der Waals surface area contributed by atoms with Gasteiger partial charge in [0.05, 0.1) is 5.69 Å². The highest BCUT2D eigenvalue weighted by atomic mass is 32.2. The Kier molecular flexibility index (Phi) is 3.95. The number of carbonyl (C=O) groups is 1. The fourth-order valence-electron chi connectivity index (χ4n) is 2.93. The smallest absolute Gasteiger partial charge is 0.332 e. The van der Waals surface area contributed by atoms with E-state index in [0.29, 0.717) is 12.1 Å². The second-order valence-corrected chi connectivity index (χ2v) is 6.83. The third-order valence-electron chi connectivity index (χ3n) is 4.08. The minimum atomic E-state index is -0.821. The maximum absolute atomic E-state index is 11.1. The first-order valence-corrected chi connectivity index (χ1v) is 8.54. The van der Waals surface area contributed by atoms with Gasteiger partial charge >= 0.3 is 5.97 Å².